The fourth-order valence-corrected chi connectivity index (χ4v) is 0.774. The van der Waals surface area contributed by atoms with E-state index < -0.39 is 12.6 Å². The van der Waals surface area contributed by atoms with Gasteiger partial charge in [0.25, 0.3) is 0 Å². The highest BCUT2D eigenvalue weighted by Crippen LogP contribution is 2.36. The Kier molecular flexibility index (Phi) is 1.68. The smallest absolute Gasteiger partial charge is 0.171 e. The zero-order valence-electron chi connectivity index (χ0n) is 5.04. The van der Waals surface area contributed by atoms with Crippen molar-refractivity contribution in [3.05, 3.63) is 0 Å². The zero-order chi connectivity index (χ0) is 6.91. The van der Waals surface area contributed by atoms with Crippen LogP contribution in [0.15, 0.2) is 0 Å². The van der Waals surface area contributed by atoms with Crippen LogP contribution in [0.25, 0.3) is 0 Å². The van der Waals surface area contributed by atoms with E-state index >= 15 is 0 Å². The van der Waals surface area contributed by atoms with Crippen molar-refractivity contribution >= 4 is 0 Å². The van der Waals surface area contributed by atoms with E-state index in [-0.39, 0.29) is 0 Å². The van der Waals surface area contributed by atoms with Gasteiger partial charge >= 0.3 is 6.18 Å². The van der Waals surface area contributed by atoms with Crippen molar-refractivity contribution in [1.82, 2.24) is 0 Å². The van der Waals surface area contributed by atoms with Crippen molar-refractivity contribution in [1.29, 1.82) is 0 Å². The van der Waals surface area contributed by atoms with E-state index in [0.29, 0.717) is 12.3 Å². The molecule has 9 heavy (non-hydrogen) atoms. The van der Waals surface area contributed by atoms with Crippen molar-refractivity contribution in [2.24, 2.45) is 5.92 Å². The van der Waals surface area contributed by atoms with Gasteiger partial charge in [0.05, 0.1) is 0 Å². The number of alkyl halides is 3. The Morgan fingerprint density at radius 3 is 2.11 bits per heavy atom. The molecule has 0 unspecified atom stereocenters. The second-order valence-corrected chi connectivity index (χ2v) is 2.60. The molecular weight excluding hydrogens is 129 g/mol. The molecule has 0 bridgehead atoms. The molecule has 0 spiro atoms. The van der Waals surface area contributed by atoms with Crippen LogP contribution in [0.2, 0.25) is 0 Å². The van der Waals surface area contributed by atoms with Crippen LogP contribution in [0.5, 0.6) is 0 Å². The molecule has 54 valence electrons. The van der Waals surface area contributed by atoms with E-state index in [1.54, 1.807) is 0 Å². The molecule has 0 aliphatic heterocycles. The Morgan fingerprint density at radius 1 is 1.22 bits per heavy atom. The lowest BCUT2D eigenvalue weighted by Gasteiger charge is -2.03. The molecule has 1 aliphatic carbocycles. The average Bonchev–Trinajstić information content (AvgIpc) is 2.38. The number of hydrogen-bond acceptors (Lipinski definition) is 0. The molecule has 0 N–H and O–H groups in total. The maximum Gasteiger partial charge on any atom is 0.389 e. The van der Waals surface area contributed by atoms with E-state index in [2.05, 4.69) is 0 Å². The SMILES string of the molecule is FC(F)(F)CCC1CC1. The minimum atomic E-state index is -3.93. The van der Waals surface area contributed by atoms with Crippen LogP contribution in [-0.2, 0) is 0 Å². The summed E-state index contributed by atoms with van der Waals surface area (Å²) >= 11 is 0. The summed E-state index contributed by atoms with van der Waals surface area (Å²) in [5.74, 6) is 0.395. The van der Waals surface area contributed by atoms with E-state index in [1.807, 2.05) is 0 Å². The Morgan fingerprint density at radius 2 is 1.78 bits per heavy atom. The first-order valence-corrected chi connectivity index (χ1v) is 3.15. The summed E-state index contributed by atoms with van der Waals surface area (Å²) in [7, 11) is 0. The Hall–Kier alpha value is -0.210. The molecular formula is C6H9F3. The van der Waals surface area contributed by atoms with E-state index in [1.165, 1.54) is 0 Å². The van der Waals surface area contributed by atoms with Gasteiger partial charge in [0, 0.05) is 6.42 Å². The lowest BCUT2D eigenvalue weighted by Crippen LogP contribution is -2.06. The molecule has 1 fully saturated rings. The second-order valence-electron chi connectivity index (χ2n) is 2.60. The van der Waals surface area contributed by atoms with Crippen LogP contribution >= 0.6 is 0 Å². The zero-order valence-corrected chi connectivity index (χ0v) is 5.04. The van der Waals surface area contributed by atoms with Gasteiger partial charge in [0.15, 0.2) is 0 Å². The lowest BCUT2D eigenvalue weighted by atomic mass is 10.2. The Bertz CT molecular complexity index is 91.0. The highest BCUT2D eigenvalue weighted by Gasteiger charge is 2.31. The largest absolute Gasteiger partial charge is 0.389 e. The maximum atomic E-state index is 11.4. The third-order valence-electron chi connectivity index (χ3n) is 1.53. The predicted octanol–water partition coefficient (Wildman–Crippen LogP) is 2.74. The fraction of sp³-hybridized carbons (Fsp3) is 1.00. The highest BCUT2D eigenvalue weighted by atomic mass is 19.4. The molecule has 1 rings (SSSR count). The standard InChI is InChI=1S/C6H9F3/c7-6(8,9)4-3-5-1-2-5/h5H,1-4H2. The number of hydrogen-bond donors (Lipinski definition) is 0. The summed E-state index contributed by atoms with van der Waals surface area (Å²) in [5.41, 5.74) is 0. The monoisotopic (exact) mass is 138 g/mol. The van der Waals surface area contributed by atoms with Gasteiger partial charge in [-0.25, -0.2) is 0 Å². The molecule has 3 heteroatoms. The Labute approximate surface area is 52.1 Å². The maximum absolute atomic E-state index is 11.4. The minimum Gasteiger partial charge on any atom is -0.171 e. The van der Waals surface area contributed by atoms with Crippen molar-refractivity contribution < 1.29 is 13.2 Å². The molecule has 0 radical (unpaired) electrons. The number of rotatable bonds is 2. The number of halogens is 3. The van der Waals surface area contributed by atoms with Crippen molar-refractivity contribution in [3.8, 4) is 0 Å². The predicted molar refractivity (Wildman–Crippen MR) is 28.0 cm³/mol. The molecule has 0 aromatic rings. The molecule has 0 atom stereocenters. The molecule has 0 amide bonds. The van der Waals surface area contributed by atoms with Crippen LogP contribution in [-0.4, -0.2) is 6.18 Å². The van der Waals surface area contributed by atoms with Crippen molar-refractivity contribution in [3.63, 3.8) is 0 Å². The molecule has 1 saturated carbocycles. The summed E-state index contributed by atoms with van der Waals surface area (Å²) in [4.78, 5) is 0. The summed E-state index contributed by atoms with van der Waals surface area (Å²) in [6.45, 7) is 0. The van der Waals surface area contributed by atoms with Gasteiger partial charge in [-0.05, 0) is 12.3 Å². The summed E-state index contributed by atoms with van der Waals surface area (Å²) < 4.78 is 34.3. The fourth-order valence-electron chi connectivity index (χ4n) is 0.774. The first-order valence-electron chi connectivity index (χ1n) is 3.15. The van der Waals surface area contributed by atoms with Gasteiger partial charge in [-0.1, -0.05) is 12.8 Å². The van der Waals surface area contributed by atoms with E-state index in [4.69, 9.17) is 0 Å². The molecule has 1 aliphatic rings. The summed E-state index contributed by atoms with van der Waals surface area (Å²) in [6, 6.07) is 0. The van der Waals surface area contributed by atoms with Gasteiger partial charge in [-0.3, -0.25) is 0 Å². The van der Waals surface area contributed by atoms with Crippen LogP contribution in [0.4, 0.5) is 13.2 Å². The first-order chi connectivity index (χ1) is 4.08. The summed E-state index contributed by atoms with van der Waals surface area (Å²) in [6.07, 6.45) is -2.14. The van der Waals surface area contributed by atoms with Crippen molar-refractivity contribution in [2.45, 2.75) is 31.9 Å². The topological polar surface area (TPSA) is 0 Å². The Balaban J connectivity index is 2.03. The lowest BCUT2D eigenvalue weighted by molar-refractivity contribution is -0.136. The van der Waals surface area contributed by atoms with Crippen molar-refractivity contribution in [2.75, 3.05) is 0 Å². The third-order valence-corrected chi connectivity index (χ3v) is 1.53. The van der Waals surface area contributed by atoms with Crippen LogP contribution < -0.4 is 0 Å². The van der Waals surface area contributed by atoms with Gasteiger partial charge in [0.2, 0.25) is 0 Å². The van der Waals surface area contributed by atoms with Crippen LogP contribution in [0.3, 0.4) is 0 Å². The van der Waals surface area contributed by atoms with Gasteiger partial charge in [-0.2, -0.15) is 13.2 Å². The normalized spacial score (nSPS) is 20.3. The van der Waals surface area contributed by atoms with Crippen LogP contribution in [0.1, 0.15) is 25.7 Å². The first kappa shape index (κ1) is 6.90. The third kappa shape index (κ3) is 3.38. The van der Waals surface area contributed by atoms with Gasteiger partial charge in [0.1, 0.15) is 0 Å². The highest BCUT2D eigenvalue weighted by molar-refractivity contribution is 4.73. The summed E-state index contributed by atoms with van der Waals surface area (Å²) in [5, 5.41) is 0. The molecule has 0 saturated heterocycles. The van der Waals surface area contributed by atoms with E-state index in [0.717, 1.165) is 12.8 Å². The second kappa shape index (κ2) is 2.20. The quantitative estimate of drug-likeness (QED) is 0.550. The minimum absolute atomic E-state index is 0.351. The van der Waals surface area contributed by atoms with Gasteiger partial charge in [-0.15, -0.1) is 0 Å². The van der Waals surface area contributed by atoms with Crippen LogP contribution in [0, 0.1) is 5.92 Å². The molecule has 0 heterocycles. The average molecular weight is 138 g/mol. The van der Waals surface area contributed by atoms with E-state index in [9.17, 15) is 13.2 Å². The van der Waals surface area contributed by atoms with Gasteiger partial charge < -0.3 is 0 Å². The molecule has 0 nitrogen and oxygen atoms in total. The molecule has 0 aromatic carbocycles. The molecule has 0 aromatic heterocycles.